The molecule has 0 radical (unpaired) electrons. The molecule has 0 fully saturated rings. The van der Waals surface area contributed by atoms with Gasteiger partial charge in [0.2, 0.25) is 0 Å². The molecule has 9 atom stereocenters. The lowest BCUT2D eigenvalue weighted by Gasteiger charge is -2.48. The summed E-state index contributed by atoms with van der Waals surface area (Å²) in [5.41, 5.74) is 9.37. The van der Waals surface area contributed by atoms with Gasteiger partial charge in [-0.2, -0.15) is 0 Å². The molecule has 262 valence electrons. The highest BCUT2D eigenvalue weighted by Crippen LogP contribution is 2.51. The molecular formula is C48H48N2OS. The number of para-hydroxylation sites is 1. The molecule has 9 unspecified atom stereocenters. The minimum absolute atomic E-state index is 0.124. The highest BCUT2D eigenvalue weighted by atomic mass is 32.1. The van der Waals surface area contributed by atoms with Crippen LogP contribution in [0.15, 0.2) is 144 Å². The largest absolute Gasteiger partial charge is 0.485 e. The monoisotopic (exact) mass is 700 g/mol. The van der Waals surface area contributed by atoms with Gasteiger partial charge in [0.05, 0.1) is 6.04 Å². The van der Waals surface area contributed by atoms with E-state index in [0.29, 0.717) is 47.8 Å². The molecule has 0 amide bonds. The molecule has 0 saturated heterocycles. The molecule has 0 bridgehead atoms. The van der Waals surface area contributed by atoms with Crippen LogP contribution in [0.2, 0.25) is 0 Å². The number of fused-ring (bicyclic) bond motifs is 7. The minimum atomic E-state index is 0.124. The second-order valence-electron chi connectivity index (χ2n) is 16.3. The third kappa shape index (κ3) is 5.08. The maximum Gasteiger partial charge on any atom is 0.127 e. The van der Waals surface area contributed by atoms with Gasteiger partial charge in [0.25, 0.3) is 0 Å². The van der Waals surface area contributed by atoms with Gasteiger partial charge < -0.3 is 9.64 Å². The number of allylic oxidation sites excluding steroid dienone is 11. The fraction of sp³-hybridized carbons (Fsp3) is 0.375. The SMILES string of the molecule is C1=CCC(C2C=CC3=C(C2)N(c2ccccc2)C2C=CC(N(C4CCc5sc6c(c5C4)CCC=C6)C4CC=CC5=C4C4C=CC=CC4O5)CC32)C=C1. The zero-order valence-electron chi connectivity index (χ0n) is 29.9. The molecule has 9 aliphatic rings. The average molecular weight is 701 g/mol. The van der Waals surface area contributed by atoms with E-state index in [0.717, 1.165) is 31.4 Å². The van der Waals surface area contributed by atoms with Crippen molar-refractivity contribution in [3.8, 4) is 0 Å². The Kier molecular flexibility index (Phi) is 7.72. The van der Waals surface area contributed by atoms with Crippen LogP contribution in [0.3, 0.4) is 0 Å². The molecule has 52 heavy (non-hydrogen) atoms. The predicted octanol–water partition coefficient (Wildman–Crippen LogP) is 10.4. The van der Waals surface area contributed by atoms with Gasteiger partial charge in [0.15, 0.2) is 0 Å². The van der Waals surface area contributed by atoms with Crippen LogP contribution >= 0.6 is 11.3 Å². The summed E-state index contributed by atoms with van der Waals surface area (Å²) >= 11 is 2.08. The molecule has 2 aromatic rings. The van der Waals surface area contributed by atoms with Crippen molar-refractivity contribution in [2.75, 3.05) is 4.90 Å². The maximum atomic E-state index is 6.68. The van der Waals surface area contributed by atoms with Crippen LogP contribution in [-0.4, -0.2) is 35.2 Å². The average Bonchev–Trinajstić information content (AvgIpc) is 3.88. The number of ether oxygens (including phenoxy) is 1. The lowest BCUT2D eigenvalue weighted by molar-refractivity contribution is 0.0888. The van der Waals surface area contributed by atoms with E-state index in [9.17, 15) is 0 Å². The molecule has 2 aliphatic heterocycles. The lowest BCUT2D eigenvalue weighted by atomic mass is 9.76. The first-order valence-electron chi connectivity index (χ1n) is 20.1. The molecule has 0 saturated carbocycles. The Bertz CT molecular complexity index is 2080. The van der Waals surface area contributed by atoms with E-state index in [1.54, 1.807) is 27.3 Å². The van der Waals surface area contributed by atoms with Crippen LogP contribution in [0.1, 0.15) is 59.4 Å². The highest BCUT2D eigenvalue weighted by molar-refractivity contribution is 7.13. The van der Waals surface area contributed by atoms with E-state index in [-0.39, 0.29) is 6.10 Å². The van der Waals surface area contributed by atoms with Crippen molar-refractivity contribution in [1.82, 2.24) is 4.90 Å². The van der Waals surface area contributed by atoms with Crippen molar-refractivity contribution in [2.45, 2.75) is 88.1 Å². The number of hydrogen-bond donors (Lipinski definition) is 0. The summed E-state index contributed by atoms with van der Waals surface area (Å²) in [6.45, 7) is 0. The number of rotatable bonds is 5. The van der Waals surface area contributed by atoms with E-state index < -0.39 is 0 Å². The summed E-state index contributed by atoms with van der Waals surface area (Å²) in [6.07, 6.45) is 48.9. The number of benzene rings is 1. The maximum absolute atomic E-state index is 6.68. The van der Waals surface area contributed by atoms with E-state index in [1.807, 2.05) is 0 Å². The number of nitrogens with zero attached hydrogens (tertiary/aromatic N) is 2. The Balaban J connectivity index is 0.977. The van der Waals surface area contributed by atoms with Gasteiger partial charge in [-0.3, -0.25) is 4.90 Å². The molecule has 0 N–H and O–H groups in total. The normalized spacial score (nSPS) is 34.7. The fourth-order valence-corrected chi connectivity index (χ4v) is 12.7. The minimum Gasteiger partial charge on any atom is -0.485 e. The zero-order valence-corrected chi connectivity index (χ0v) is 30.7. The predicted molar refractivity (Wildman–Crippen MR) is 215 cm³/mol. The summed E-state index contributed by atoms with van der Waals surface area (Å²) in [7, 11) is 0. The van der Waals surface area contributed by atoms with Crippen molar-refractivity contribution < 1.29 is 4.74 Å². The van der Waals surface area contributed by atoms with Crippen LogP contribution in [-0.2, 0) is 24.0 Å². The van der Waals surface area contributed by atoms with Crippen LogP contribution in [0.4, 0.5) is 5.69 Å². The van der Waals surface area contributed by atoms with Gasteiger partial charge in [-0.1, -0.05) is 97.2 Å². The smallest absolute Gasteiger partial charge is 0.127 e. The third-order valence-electron chi connectivity index (χ3n) is 13.7. The Labute approximate surface area is 313 Å². The molecule has 3 nitrogen and oxygen atoms in total. The Hall–Kier alpha value is -4.12. The topological polar surface area (TPSA) is 15.7 Å². The molecule has 3 heterocycles. The summed E-state index contributed by atoms with van der Waals surface area (Å²) in [6, 6.07) is 12.8. The molecule has 1 aromatic heterocycles. The van der Waals surface area contributed by atoms with Crippen molar-refractivity contribution in [3.63, 3.8) is 0 Å². The second-order valence-corrected chi connectivity index (χ2v) is 17.5. The van der Waals surface area contributed by atoms with Crippen molar-refractivity contribution >= 4 is 23.1 Å². The first-order chi connectivity index (χ1) is 25.8. The fourth-order valence-electron chi connectivity index (χ4n) is 11.3. The summed E-state index contributed by atoms with van der Waals surface area (Å²) < 4.78 is 6.68. The first kappa shape index (κ1) is 31.4. The lowest BCUT2D eigenvalue weighted by Crippen LogP contribution is -2.54. The van der Waals surface area contributed by atoms with E-state index >= 15 is 0 Å². The number of thiophene rings is 1. The van der Waals surface area contributed by atoms with Crippen molar-refractivity contribution in [1.29, 1.82) is 0 Å². The Morgan fingerprint density at radius 1 is 0.769 bits per heavy atom. The summed E-state index contributed by atoms with van der Waals surface area (Å²) in [5, 5.41) is 0. The van der Waals surface area contributed by atoms with Gasteiger partial charge in [0.1, 0.15) is 11.9 Å². The first-order valence-corrected chi connectivity index (χ1v) is 20.9. The van der Waals surface area contributed by atoms with Crippen molar-refractivity contribution in [3.05, 3.63) is 165 Å². The second kappa shape index (κ2) is 12.8. The van der Waals surface area contributed by atoms with Crippen LogP contribution in [0, 0.1) is 23.7 Å². The molecule has 7 aliphatic carbocycles. The van der Waals surface area contributed by atoms with Gasteiger partial charge in [0, 0.05) is 56.7 Å². The molecule has 1 aromatic carbocycles. The quantitative estimate of drug-likeness (QED) is 0.289. The number of hydrogen-bond acceptors (Lipinski definition) is 4. The Morgan fingerprint density at radius 2 is 1.69 bits per heavy atom. The molecule has 11 rings (SSSR count). The van der Waals surface area contributed by atoms with Gasteiger partial charge >= 0.3 is 0 Å². The van der Waals surface area contributed by atoms with Gasteiger partial charge in [-0.25, -0.2) is 0 Å². The number of aryl methyl sites for hydroxylation is 1. The standard InChI is InChI=1S/C48H48N2OS/c1-3-12-31(13-4-1)32-22-25-36-39-29-34(23-26-41(39)50(43(36)28-32)33-14-5-2-6-15-33)49(35-24-27-47-40(30-35)37-16-8-10-21-46(37)52-47)42-18-11-20-45-48(42)38-17-7-9-19-44(38)51-45/h1-7,9-12,14-15,17,19-23,25-26,31-32,34-35,38-39,41-42,44H,8,13,16,18,24,27-30H2. The molecular weight excluding hydrogens is 653 g/mol. The van der Waals surface area contributed by atoms with E-state index in [4.69, 9.17) is 4.74 Å². The van der Waals surface area contributed by atoms with Gasteiger partial charge in [-0.05, 0) is 117 Å². The highest BCUT2D eigenvalue weighted by Gasteiger charge is 2.49. The number of anilines is 1. The van der Waals surface area contributed by atoms with E-state index in [2.05, 4.69) is 149 Å². The third-order valence-corrected chi connectivity index (χ3v) is 15.0. The van der Waals surface area contributed by atoms with Crippen LogP contribution in [0.25, 0.3) is 6.08 Å². The van der Waals surface area contributed by atoms with Crippen molar-refractivity contribution in [2.24, 2.45) is 23.7 Å². The Morgan fingerprint density at radius 3 is 2.62 bits per heavy atom. The summed E-state index contributed by atoms with van der Waals surface area (Å²) in [5.74, 6) is 3.05. The zero-order chi connectivity index (χ0) is 34.2. The van der Waals surface area contributed by atoms with Crippen LogP contribution in [0.5, 0.6) is 0 Å². The van der Waals surface area contributed by atoms with Crippen LogP contribution < -0.4 is 4.90 Å². The molecule has 4 heteroatoms. The van der Waals surface area contributed by atoms with Gasteiger partial charge in [-0.15, -0.1) is 11.3 Å². The summed E-state index contributed by atoms with van der Waals surface area (Å²) in [4.78, 5) is 8.96. The van der Waals surface area contributed by atoms with E-state index in [1.165, 1.54) is 48.2 Å². The molecule has 0 spiro atoms.